The van der Waals surface area contributed by atoms with Gasteiger partial charge in [-0.05, 0) is 31.7 Å². The average molecular weight is 246 g/mol. The van der Waals surface area contributed by atoms with Crippen LogP contribution in [0.25, 0.3) is 0 Å². The Morgan fingerprint density at radius 2 is 1.65 bits per heavy atom. The molecule has 2 heterocycles. The normalized spacial score (nSPS) is 10.2. The number of nitrogens with zero attached hydrogens (tertiary/aromatic N) is 4. The predicted molar refractivity (Wildman–Crippen MR) is 63.0 cm³/mol. The first kappa shape index (κ1) is 11.7. The van der Waals surface area contributed by atoms with Gasteiger partial charge in [-0.3, -0.25) is 4.79 Å². The minimum absolute atomic E-state index is 0.454. The van der Waals surface area contributed by atoms with Gasteiger partial charge in [-0.2, -0.15) is 0 Å². The number of aryl methyl sites for hydroxylation is 2. The number of hydrogen-bond acceptors (Lipinski definition) is 6. The summed E-state index contributed by atoms with van der Waals surface area (Å²) in [4.78, 5) is 27.1. The van der Waals surface area contributed by atoms with Gasteiger partial charge in [-0.25, -0.2) is 19.9 Å². The van der Waals surface area contributed by atoms with Gasteiger partial charge in [0.2, 0.25) is 0 Å². The topological polar surface area (TPSA) is 68.6 Å². The van der Waals surface area contributed by atoms with Gasteiger partial charge in [-0.15, -0.1) is 0 Å². The molecule has 0 aliphatic carbocycles. The second-order valence-corrected chi connectivity index (χ2v) is 4.39. The second-order valence-electron chi connectivity index (χ2n) is 3.45. The van der Waals surface area contributed by atoms with E-state index in [4.69, 9.17) is 0 Å². The van der Waals surface area contributed by atoms with Crippen molar-refractivity contribution >= 4 is 18.0 Å². The Morgan fingerprint density at radius 3 is 2.18 bits per heavy atom. The van der Waals surface area contributed by atoms with Crippen LogP contribution in [-0.4, -0.2) is 26.2 Å². The number of hydrogen-bond donors (Lipinski definition) is 0. The standard InChI is InChI=1S/C11H10N4OS/c1-7-3-8(2)15-11(14-7)17-10-12-4-9(6-16)5-13-10/h3-6H,1-2H3. The molecule has 0 saturated heterocycles. The molecule has 0 bridgehead atoms. The Labute approximate surface area is 103 Å². The summed E-state index contributed by atoms with van der Waals surface area (Å²) < 4.78 is 0. The monoisotopic (exact) mass is 246 g/mol. The molecule has 0 atom stereocenters. The van der Waals surface area contributed by atoms with Gasteiger partial charge in [0.15, 0.2) is 16.6 Å². The third-order valence-electron chi connectivity index (χ3n) is 1.93. The highest BCUT2D eigenvalue weighted by Crippen LogP contribution is 2.20. The predicted octanol–water partition coefficient (Wildman–Crippen LogP) is 1.85. The SMILES string of the molecule is Cc1cc(C)nc(Sc2ncc(C=O)cn2)n1. The van der Waals surface area contributed by atoms with E-state index in [2.05, 4.69) is 19.9 Å². The minimum atomic E-state index is 0.454. The molecule has 0 N–H and O–H groups in total. The fraction of sp³-hybridized carbons (Fsp3) is 0.182. The summed E-state index contributed by atoms with van der Waals surface area (Å²) in [6, 6.07) is 1.90. The van der Waals surface area contributed by atoms with Crippen LogP contribution in [-0.2, 0) is 0 Å². The van der Waals surface area contributed by atoms with Crippen LogP contribution in [0.5, 0.6) is 0 Å². The van der Waals surface area contributed by atoms with Crippen LogP contribution in [0.3, 0.4) is 0 Å². The van der Waals surface area contributed by atoms with E-state index in [-0.39, 0.29) is 0 Å². The molecule has 2 rings (SSSR count). The number of rotatable bonds is 3. The van der Waals surface area contributed by atoms with Gasteiger partial charge in [0, 0.05) is 23.8 Å². The third kappa shape index (κ3) is 3.07. The van der Waals surface area contributed by atoms with Gasteiger partial charge in [0.25, 0.3) is 0 Å². The molecule has 5 nitrogen and oxygen atoms in total. The highest BCUT2D eigenvalue weighted by Gasteiger charge is 2.05. The van der Waals surface area contributed by atoms with Gasteiger partial charge < -0.3 is 0 Å². The Bertz CT molecular complexity index is 521. The third-order valence-corrected chi connectivity index (χ3v) is 2.69. The highest BCUT2D eigenvalue weighted by molar-refractivity contribution is 7.99. The molecule has 0 saturated carbocycles. The zero-order valence-electron chi connectivity index (χ0n) is 9.41. The zero-order chi connectivity index (χ0) is 12.3. The van der Waals surface area contributed by atoms with E-state index in [1.807, 2.05) is 19.9 Å². The van der Waals surface area contributed by atoms with Crippen molar-refractivity contribution in [3.63, 3.8) is 0 Å². The first-order valence-corrected chi connectivity index (χ1v) is 5.76. The van der Waals surface area contributed by atoms with Gasteiger partial charge in [0.05, 0.1) is 5.56 Å². The van der Waals surface area contributed by atoms with Crippen LogP contribution in [0.4, 0.5) is 0 Å². The Morgan fingerprint density at radius 1 is 1.06 bits per heavy atom. The van der Waals surface area contributed by atoms with Crippen LogP contribution >= 0.6 is 11.8 Å². The van der Waals surface area contributed by atoms with Crippen molar-refractivity contribution in [2.45, 2.75) is 24.2 Å². The van der Waals surface area contributed by atoms with Crippen molar-refractivity contribution in [1.29, 1.82) is 0 Å². The molecular weight excluding hydrogens is 236 g/mol. The molecule has 0 amide bonds. The lowest BCUT2D eigenvalue weighted by atomic mass is 10.4. The van der Waals surface area contributed by atoms with Gasteiger partial charge in [-0.1, -0.05) is 0 Å². The summed E-state index contributed by atoms with van der Waals surface area (Å²) in [5, 5.41) is 1.14. The maximum Gasteiger partial charge on any atom is 0.195 e. The Kier molecular flexibility index (Phi) is 3.43. The zero-order valence-corrected chi connectivity index (χ0v) is 10.2. The molecule has 0 spiro atoms. The lowest BCUT2D eigenvalue weighted by Crippen LogP contribution is -1.95. The van der Waals surface area contributed by atoms with Crippen LogP contribution in [0, 0.1) is 13.8 Å². The molecule has 86 valence electrons. The first-order valence-electron chi connectivity index (χ1n) is 4.95. The van der Waals surface area contributed by atoms with E-state index < -0.39 is 0 Å². The van der Waals surface area contributed by atoms with Gasteiger partial charge in [0.1, 0.15) is 0 Å². The van der Waals surface area contributed by atoms with Crippen molar-refractivity contribution in [2.24, 2.45) is 0 Å². The summed E-state index contributed by atoms with van der Waals surface area (Å²) in [5.41, 5.74) is 2.27. The van der Waals surface area contributed by atoms with Gasteiger partial charge >= 0.3 is 0 Å². The molecule has 0 unspecified atom stereocenters. The highest BCUT2D eigenvalue weighted by atomic mass is 32.2. The molecule has 0 aromatic carbocycles. The van der Waals surface area contributed by atoms with Crippen LogP contribution in [0.15, 0.2) is 28.8 Å². The summed E-state index contributed by atoms with van der Waals surface area (Å²) in [5.74, 6) is 0. The van der Waals surface area contributed by atoms with Crippen molar-refractivity contribution in [2.75, 3.05) is 0 Å². The molecule has 2 aromatic rings. The number of aromatic nitrogens is 4. The van der Waals surface area contributed by atoms with E-state index in [0.717, 1.165) is 11.4 Å². The summed E-state index contributed by atoms with van der Waals surface area (Å²) in [6.45, 7) is 3.82. The molecular formula is C11H10N4OS. The molecule has 6 heteroatoms. The fourth-order valence-corrected chi connectivity index (χ4v) is 2.01. The first-order chi connectivity index (χ1) is 8.17. The molecule has 0 fully saturated rings. The smallest absolute Gasteiger partial charge is 0.195 e. The van der Waals surface area contributed by atoms with E-state index in [1.165, 1.54) is 24.2 Å². The van der Waals surface area contributed by atoms with Crippen LogP contribution in [0.1, 0.15) is 21.7 Å². The largest absolute Gasteiger partial charge is 0.298 e. The second kappa shape index (κ2) is 5.01. The average Bonchev–Trinajstić information content (AvgIpc) is 2.28. The van der Waals surface area contributed by atoms with Crippen molar-refractivity contribution in [1.82, 2.24) is 19.9 Å². The maximum absolute atomic E-state index is 10.5. The Balaban J connectivity index is 2.21. The van der Waals surface area contributed by atoms with Crippen LogP contribution in [0.2, 0.25) is 0 Å². The maximum atomic E-state index is 10.5. The number of carbonyl (C=O) groups excluding carboxylic acids is 1. The molecule has 2 aromatic heterocycles. The molecule has 0 aliphatic rings. The van der Waals surface area contributed by atoms with E-state index >= 15 is 0 Å². The van der Waals surface area contributed by atoms with Crippen molar-refractivity contribution in [3.05, 3.63) is 35.4 Å². The van der Waals surface area contributed by atoms with E-state index in [9.17, 15) is 4.79 Å². The van der Waals surface area contributed by atoms with Crippen molar-refractivity contribution in [3.8, 4) is 0 Å². The summed E-state index contributed by atoms with van der Waals surface area (Å²) in [6.07, 6.45) is 3.66. The van der Waals surface area contributed by atoms with E-state index in [1.54, 1.807) is 0 Å². The fourth-order valence-electron chi connectivity index (χ4n) is 1.26. The minimum Gasteiger partial charge on any atom is -0.298 e. The summed E-state index contributed by atoms with van der Waals surface area (Å²) in [7, 11) is 0. The number of aldehydes is 1. The lowest BCUT2D eigenvalue weighted by molar-refractivity contribution is 0.112. The molecule has 17 heavy (non-hydrogen) atoms. The quantitative estimate of drug-likeness (QED) is 0.608. The lowest BCUT2D eigenvalue weighted by Gasteiger charge is -2.01. The van der Waals surface area contributed by atoms with Crippen LogP contribution < -0.4 is 0 Å². The summed E-state index contributed by atoms with van der Waals surface area (Å²) >= 11 is 1.27. The Hall–Kier alpha value is -1.82. The molecule has 0 radical (unpaired) electrons. The molecule has 0 aliphatic heterocycles. The van der Waals surface area contributed by atoms with Crippen molar-refractivity contribution < 1.29 is 4.79 Å². The van der Waals surface area contributed by atoms with E-state index in [0.29, 0.717) is 22.2 Å². The number of carbonyl (C=O) groups is 1.